The van der Waals surface area contributed by atoms with Gasteiger partial charge in [-0.15, -0.1) is 0 Å². The Morgan fingerprint density at radius 3 is 2.33 bits per heavy atom. The zero-order chi connectivity index (χ0) is 13.5. The summed E-state index contributed by atoms with van der Waals surface area (Å²) in [4.78, 5) is 15.3. The second-order valence-electron chi connectivity index (χ2n) is 4.40. The first kappa shape index (κ1) is 14.2. The monoisotopic (exact) mass is 245 g/mol. The van der Waals surface area contributed by atoms with E-state index in [1.165, 1.54) is 0 Å². The van der Waals surface area contributed by atoms with Crippen molar-refractivity contribution >= 4 is 5.91 Å². The van der Waals surface area contributed by atoms with Crippen LogP contribution in [0.4, 0.5) is 0 Å². The molecule has 0 spiro atoms. The highest BCUT2D eigenvalue weighted by atomic mass is 16.2. The summed E-state index contributed by atoms with van der Waals surface area (Å²) in [7, 11) is 3.52. The van der Waals surface area contributed by atoms with Crippen molar-refractivity contribution < 1.29 is 4.79 Å². The number of carbonyl (C=O) groups is 1. The summed E-state index contributed by atoms with van der Waals surface area (Å²) >= 11 is 0. The lowest BCUT2D eigenvalue weighted by Crippen LogP contribution is -2.36. The highest BCUT2D eigenvalue weighted by molar-refractivity contribution is 5.77. The van der Waals surface area contributed by atoms with Crippen LogP contribution in [0.5, 0.6) is 0 Å². The molecule has 0 aliphatic heterocycles. The van der Waals surface area contributed by atoms with Gasteiger partial charge in [0.25, 0.3) is 0 Å². The Labute approximate surface area is 108 Å². The zero-order valence-electron chi connectivity index (χ0n) is 11.2. The van der Waals surface area contributed by atoms with Gasteiger partial charge >= 0.3 is 0 Å². The Morgan fingerprint density at radius 2 is 1.89 bits per heavy atom. The fourth-order valence-electron chi connectivity index (χ4n) is 1.56. The number of benzene rings is 1. The summed E-state index contributed by atoms with van der Waals surface area (Å²) in [6, 6.07) is 9.56. The second kappa shape index (κ2) is 6.77. The van der Waals surface area contributed by atoms with Crippen LogP contribution in [0.1, 0.15) is 18.1 Å². The zero-order valence-corrected chi connectivity index (χ0v) is 11.2. The van der Waals surface area contributed by atoms with E-state index in [4.69, 9.17) is 5.26 Å². The molecule has 0 aliphatic rings. The van der Waals surface area contributed by atoms with Gasteiger partial charge in [-0.1, -0.05) is 19.1 Å². The van der Waals surface area contributed by atoms with Crippen LogP contribution in [0.3, 0.4) is 0 Å². The number of nitriles is 1. The van der Waals surface area contributed by atoms with Crippen molar-refractivity contribution in [1.29, 1.82) is 5.26 Å². The maximum atomic E-state index is 11.6. The summed E-state index contributed by atoms with van der Waals surface area (Å²) in [5, 5.41) is 8.73. The van der Waals surface area contributed by atoms with Gasteiger partial charge in [0.2, 0.25) is 5.91 Å². The fourth-order valence-corrected chi connectivity index (χ4v) is 1.56. The van der Waals surface area contributed by atoms with E-state index in [0.29, 0.717) is 12.1 Å². The van der Waals surface area contributed by atoms with Crippen LogP contribution < -0.4 is 0 Å². The average Bonchev–Trinajstić information content (AvgIpc) is 2.38. The van der Waals surface area contributed by atoms with Crippen molar-refractivity contribution in [2.24, 2.45) is 0 Å². The van der Waals surface area contributed by atoms with E-state index in [9.17, 15) is 4.79 Å². The summed E-state index contributed by atoms with van der Waals surface area (Å²) in [6.45, 7) is 4.00. The summed E-state index contributed by atoms with van der Waals surface area (Å²) in [5.74, 6) is 0.102. The number of hydrogen-bond acceptors (Lipinski definition) is 3. The molecule has 0 N–H and O–H groups in total. The smallest absolute Gasteiger partial charge is 0.236 e. The first-order valence-electron chi connectivity index (χ1n) is 5.98. The van der Waals surface area contributed by atoms with Crippen molar-refractivity contribution in [3.8, 4) is 6.07 Å². The number of nitrogens with zero attached hydrogens (tertiary/aromatic N) is 3. The van der Waals surface area contributed by atoms with Gasteiger partial charge in [0.15, 0.2) is 0 Å². The Morgan fingerprint density at radius 1 is 1.28 bits per heavy atom. The highest BCUT2D eigenvalue weighted by Gasteiger charge is 2.10. The lowest BCUT2D eigenvalue weighted by atomic mass is 10.1. The largest absolute Gasteiger partial charge is 0.348 e. The molecule has 0 radical (unpaired) electrons. The molecule has 0 aromatic heterocycles. The fraction of sp³-hybridized carbons (Fsp3) is 0.429. The van der Waals surface area contributed by atoms with E-state index in [2.05, 4.69) is 11.0 Å². The van der Waals surface area contributed by atoms with Gasteiger partial charge in [-0.25, -0.2) is 0 Å². The van der Waals surface area contributed by atoms with Crippen LogP contribution in [0, 0.1) is 11.3 Å². The Hall–Kier alpha value is -1.86. The van der Waals surface area contributed by atoms with Gasteiger partial charge in [0.05, 0.1) is 18.2 Å². The number of rotatable bonds is 5. The number of amides is 1. The van der Waals surface area contributed by atoms with E-state index in [1.54, 1.807) is 31.1 Å². The van der Waals surface area contributed by atoms with Crippen molar-refractivity contribution in [1.82, 2.24) is 9.80 Å². The highest BCUT2D eigenvalue weighted by Crippen LogP contribution is 2.07. The topological polar surface area (TPSA) is 47.3 Å². The molecule has 0 unspecified atom stereocenters. The normalized spacial score (nSPS) is 10.2. The van der Waals surface area contributed by atoms with Gasteiger partial charge in [-0.3, -0.25) is 9.69 Å². The maximum absolute atomic E-state index is 11.6. The first-order chi connectivity index (χ1) is 8.56. The van der Waals surface area contributed by atoms with E-state index in [-0.39, 0.29) is 5.91 Å². The van der Waals surface area contributed by atoms with E-state index < -0.39 is 0 Å². The van der Waals surface area contributed by atoms with Gasteiger partial charge in [-0.2, -0.15) is 5.26 Å². The minimum Gasteiger partial charge on any atom is -0.348 e. The van der Waals surface area contributed by atoms with Crippen molar-refractivity contribution in [2.45, 2.75) is 13.5 Å². The molecule has 0 fully saturated rings. The Bertz CT molecular complexity index is 431. The van der Waals surface area contributed by atoms with Gasteiger partial charge in [0, 0.05) is 20.6 Å². The quantitative estimate of drug-likeness (QED) is 0.789. The second-order valence-corrected chi connectivity index (χ2v) is 4.40. The lowest BCUT2D eigenvalue weighted by molar-refractivity contribution is -0.130. The molecule has 18 heavy (non-hydrogen) atoms. The van der Waals surface area contributed by atoms with Gasteiger partial charge in [-0.05, 0) is 24.2 Å². The van der Waals surface area contributed by atoms with Crippen LogP contribution in [0.15, 0.2) is 24.3 Å². The number of likely N-dealkylation sites (N-methyl/N-ethyl adjacent to an activating group) is 2. The van der Waals surface area contributed by atoms with Gasteiger partial charge < -0.3 is 4.90 Å². The molecule has 0 saturated carbocycles. The molecule has 4 heteroatoms. The molecule has 0 aliphatic carbocycles. The van der Waals surface area contributed by atoms with Crippen molar-refractivity contribution in [3.05, 3.63) is 35.4 Å². The molecule has 96 valence electrons. The predicted molar refractivity (Wildman–Crippen MR) is 70.8 cm³/mol. The minimum atomic E-state index is 0.102. The number of hydrogen-bond donors (Lipinski definition) is 0. The van der Waals surface area contributed by atoms with Crippen molar-refractivity contribution in [3.63, 3.8) is 0 Å². The van der Waals surface area contributed by atoms with Crippen LogP contribution in [0.25, 0.3) is 0 Å². The van der Waals surface area contributed by atoms with E-state index >= 15 is 0 Å². The molecule has 1 aromatic carbocycles. The standard InChI is InChI=1S/C14H19N3O/c1-4-17(11-14(18)16(2)3)10-13-7-5-12(9-15)6-8-13/h5-8H,4,10-11H2,1-3H3. The summed E-state index contributed by atoms with van der Waals surface area (Å²) < 4.78 is 0. The molecule has 0 saturated heterocycles. The molecule has 4 nitrogen and oxygen atoms in total. The third kappa shape index (κ3) is 4.19. The molecule has 0 bridgehead atoms. The molecule has 0 heterocycles. The Balaban J connectivity index is 2.62. The van der Waals surface area contributed by atoms with Crippen LogP contribution in [-0.4, -0.2) is 42.9 Å². The van der Waals surface area contributed by atoms with E-state index in [1.807, 2.05) is 19.1 Å². The lowest BCUT2D eigenvalue weighted by Gasteiger charge is -2.21. The molecule has 0 atom stereocenters. The summed E-state index contributed by atoms with van der Waals surface area (Å²) in [5.41, 5.74) is 1.77. The maximum Gasteiger partial charge on any atom is 0.236 e. The molecule has 1 aromatic rings. The third-order valence-corrected chi connectivity index (χ3v) is 2.79. The Kier molecular flexibility index (Phi) is 5.34. The van der Waals surface area contributed by atoms with E-state index in [0.717, 1.165) is 18.7 Å². The van der Waals surface area contributed by atoms with Crippen LogP contribution in [-0.2, 0) is 11.3 Å². The predicted octanol–water partition coefficient (Wildman–Crippen LogP) is 1.47. The van der Waals surface area contributed by atoms with Crippen LogP contribution in [0.2, 0.25) is 0 Å². The molecule has 1 amide bonds. The number of carbonyl (C=O) groups excluding carboxylic acids is 1. The minimum absolute atomic E-state index is 0.102. The summed E-state index contributed by atoms with van der Waals surface area (Å²) in [6.07, 6.45) is 0. The SMILES string of the molecule is CCN(CC(=O)N(C)C)Cc1ccc(C#N)cc1. The first-order valence-corrected chi connectivity index (χ1v) is 5.98. The molecular weight excluding hydrogens is 226 g/mol. The molecular formula is C14H19N3O. The third-order valence-electron chi connectivity index (χ3n) is 2.79. The van der Waals surface area contributed by atoms with Crippen molar-refractivity contribution in [2.75, 3.05) is 27.2 Å². The average molecular weight is 245 g/mol. The van der Waals surface area contributed by atoms with Gasteiger partial charge in [0.1, 0.15) is 0 Å². The molecule has 1 rings (SSSR count). The van der Waals surface area contributed by atoms with Crippen LogP contribution >= 0.6 is 0 Å².